The molecule has 0 saturated carbocycles. The molecule has 0 unspecified atom stereocenters. The van der Waals surface area contributed by atoms with Crippen LogP contribution in [-0.2, 0) is 0 Å². The number of rotatable bonds is 0. The van der Waals surface area contributed by atoms with Crippen LogP contribution in [0.1, 0.15) is 0 Å². The minimum absolute atomic E-state index is 0.801. The van der Waals surface area contributed by atoms with Gasteiger partial charge in [-0.1, -0.05) is 22.9 Å². The molecule has 0 amide bonds. The molecule has 32 valence electrons. The van der Waals surface area contributed by atoms with Gasteiger partial charge in [0.15, 0.2) is 10.5 Å². The molecule has 1 N–H and O–H groups in total. The van der Waals surface area contributed by atoms with Crippen LogP contribution < -0.4 is 4.98 Å². The highest BCUT2D eigenvalue weighted by Gasteiger charge is 1.86. The molecule has 0 aliphatic rings. The SMILES string of the molecule is Clc1c[nH+]cs1. The second-order valence-corrected chi connectivity index (χ2v) is 2.39. The van der Waals surface area contributed by atoms with Crippen LogP contribution in [0.4, 0.5) is 0 Å². The summed E-state index contributed by atoms with van der Waals surface area (Å²) in [6.45, 7) is 0. The van der Waals surface area contributed by atoms with Crippen molar-refractivity contribution in [1.82, 2.24) is 0 Å². The summed E-state index contributed by atoms with van der Waals surface area (Å²) in [4.78, 5) is 2.82. The van der Waals surface area contributed by atoms with Crippen LogP contribution >= 0.6 is 22.9 Å². The maximum atomic E-state index is 5.44. The summed E-state index contributed by atoms with van der Waals surface area (Å²) in [5, 5.41) is 0. The molecular weight excluding hydrogens is 118 g/mol. The zero-order chi connectivity index (χ0) is 4.41. The fourth-order valence-electron chi connectivity index (χ4n) is 0.224. The van der Waals surface area contributed by atoms with Crippen LogP contribution in [0.5, 0.6) is 0 Å². The smallest absolute Gasteiger partial charge is 0.207 e. The third kappa shape index (κ3) is 0.698. The van der Waals surface area contributed by atoms with Gasteiger partial charge >= 0.3 is 0 Å². The van der Waals surface area contributed by atoms with Crippen molar-refractivity contribution in [2.24, 2.45) is 0 Å². The van der Waals surface area contributed by atoms with E-state index in [1.165, 1.54) is 11.3 Å². The molecule has 6 heavy (non-hydrogen) atoms. The van der Waals surface area contributed by atoms with Crippen molar-refractivity contribution in [3.05, 3.63) is 16.0 Å². The Labute approximate surface area is 44.6 Å². The van der Waals surface area contributed by atoms with E-state index in [1.807, 2.05) is 5.51 Å². The van der Waals surface area contributed by atoms with E-state index in [2.05, 4.69) is 4.98 Å². The average Bonchev–Trinajstić information content (AvgIpc) is 1.86. The number of aromatic amines is 1. The summed E-state index contributed by atoms with van der Waals surface area (Å²) in [6, 6.07) is 0. The van der Waals surface area contributed by atoms with E-state index in [-0.39, 0.29) is 0 Å². The predicted octanol–water partition coefficient (Wildman–Crippen LogP) is 1.22. The number of H-pyrrole nitrogens is 1. The summed E-state index contributed by atoms with van der Waals surface area (Å²) in [5.41, 5.74) is 1.82. The van der Waals surface area contributed by atoms with Gasteiger partial charge in [-0.2, -0.15) is 0 Å². The van der Waals surface area contributed by atoms with E-state index in [4.69, 9.17) is 11.6 Å². The highest BCUT2D eigenvalue weighted by atomic mass is 35.5. The first-order chi connectivity index (χ1) is 2.89. The number of aromatic nitrogens is 1. The van der Waals surface area contributed by atoms with Gasteiger partial charge in [0, 0.05) is 0 Å². The summed E-state index contributed by atoms with van der Waals surface area (Å²) in [7, 11) is 0. The quantitative estimate of drug-likeness (QED) is 0.489. The first-order valence-electron chi connectivity index (χ1n) is 1.49. The highest BCUT2D eigenvalue weighted by Crippen LogP contribution is 2.08. The van der Waals surface area contributed by atoms with Crippen LogP contribution in [0.3, 0.4) is 0 Å². The van der Waals surface area contributed by atoms with Crippen molar-refractivity contribution in [3.8, 4) is 0 Å². The molecular formula is C3H3ClNS+. The lowest BCUT2D eigenvalue weighted by Gasteiger charge is -1.53. The van der Waals surface area contributed by atoms with Gasteiger partial charge in [0.1, 0.15) is 0 Å². The van der Waals surface area contributed by atoms with Crippen molar-refractivity contribution in [3.63, 3.8) is 0 Å². The van der Waals surface area contributed by atoms with E-state index in [9.17, 15) is 0 Å². The molecule has 0 bridgehead atoms. The fourth-order valence-corrected chi connectivity index (χ4v) is 0.805. The first kappa shape index (κ1) is 4.09. The molecule has 1 heterocycles. The van der Waals surface area contributed by atoms with Gasteiger partial charge in [-0.15, -0.1) is 0 Å². The van der Waals surface area contributed by atoms with Gasteiger partial charge < -0.3 is 0 Å². The summed E-state index contributed by atoms with van der Waals surface area (Å²) in [6.07, 6.45) is 1.74. The Morgan fingerprint density at radius 1 is 1.83 bits per heavy atom. The third-order valence-corrected chi connectivity index (χ3v) is 1.41. The van der Waals surface area contributed by atoms with E-state index in [0.717, 1.165) is 4.34 Å². The van der Waals surface area contributed by atoms with Gasteiger partial charge in [-0.05, 0) is 0 Å². The van der Waals surface area contributed by atoms with E-state index >= 15 is 0 Å². The monoisotopic (exact) mass is 120 g/mol. The van der Waals surface area contributed by atoms with Crippen LogP contribution in [-0.4, -0.2) is 0 Å². The van der Waals surface area contributed by atoms with Gasteiger partial charge in [-0.25, -0.2) is 4.98 Å². The Kier molecular flexibility index (Phi) is 1.08. The van der Waals surface area contributed by atoms with Crippen LogP contribution in [0.25, 0.3) is 0 Å². The van der Waals surface area contributed by atoms with Crippen LogP contribution in [0.2, 0.25) is 4.34 Å². The molecule has 0 aliphatic heterocycles. The normalized spacial score (nSPS) is 8.83. The molecule has 0 fully saturated rings. The predicted molar refractivity (Wildman–Crippen MR) is 25.9 cm³/mol. The second-order valence-electron chi connectivity index (χ2n) is 0.851. The van der Waals surface area contributed by atoms with Crippen molar-refractivity contribution in [2.75, 3.05) is 0 Å². The standard InChI is InChI=1S/C3H2ClNS/c4-3-1-5-2-6-3/h1-2H/p+1. The Morgan fingerprint density at radius 3 is 2.83 bits per heavy atom. The molecule has 0 spiro atoms. The molecule has 0 atom stereocenters. The van der Waals surface area contributed by atoms with Crippen molar-refractivity contribution in [2.45, 2.75) is 0 Å². The van der Waals surface area contributed by atoms with Gasteiger partial charge in [0.25, 0.3) is 0 Å². The molecule has 0 radical (unpaired) electrons. The largest absolute Gasteiger partial charge is 0.224 e. The summed E-state index contributed by atoms with van der Waals surface area (Å²) >= 11 is 6.93. The zero-order valence-corrected chi connectivity index (χ0v) is 4.51. The second kappa shape index (κ2) is 1.58. The van der Waals surface area contributed by atoms with E-state index in [1.54, 1.807) is 6.20 Å². The number of hydrogen-bond donors (Lipinski definition) is 0. The minimum Gasteiger partial charge on any atom is -0.207 e. The number of hydrogen-bond acceptors (Lipinski definition) is 1. The molecule has 0 aromatic carbocycles. The molecule has 0 aliphatic carbocycles. The number of halogens is 1. The van der Waals surface area contributed by atoms with E-state index in [0.29, 0.717) is 0 Å². The number of thiazole rings is 1. The lowest BCUT2D eigenvalue weighted by molar-refractivity contribution is -0.370. The zero-order valence-electron chi connectivity index (χ0n) is 2.94. The Hall–Kier alpha value is -0.0800. The Balaban J connectivity index is 3.05. The van der Waals surface area contributed by atoms with Crippen molar-refractivity contribution in [1.29, 1.82) is 0 Å². The molecule has 3 heteroatoms. The van der Waals surface area contributed by atoms with E-state index < -0.39 is 0 Å². The molecule has 0 saturated heterocycles. The maximum absolute atomic E-state index is 5.44. The van der Waals surface area contributed by atoms with Gasteiger partial charge in [0.2, 0.25) is 5.51 Å². The maximum Gasteiger partial charge on any atom is 0.224 e. The number of nitrogens with one attached hydrogen (secondary N) is 1. The lowest BCUT2D eigenvalue weighted by atomic mass is 11.0. The van der Waals surface area contributed by atoms with Crippen LogP contribution in [0, 0.1) is 0 Å². The highest BCUT2D eigenvalue weighted by molar-refractivity contribution is 7.13. The van der Waals surface area contributed by atoms with Gasteiger partial charge in [0.05, 0.1) is 0 Å². The Morgan fingerprint density at radius 2 is 2.67 bits per heavy atom. The van der Waals surface area contributed by atoms with Gasteiger partial charge in [-0.3, -0.25) is 0 Å². The molecule has 1 aromatic rings. The molecule has 1 nitrogen and oxygen atoms in total. The first-order valence-corrected chi connectivity index (χ1v) is 2.75. The molecule has 1 aromatic heterocycles. The van der Waals surface area contributed by atoms with Crippen LogP contribution in [0.15, 0.2) is 11.7 Å². The Bertz CT molecular complexity index is 114. The molecule has 1 rings (SSSR count). The summed E-state index contributed by atoms with van der Waals surface area (Å²) < 4.78 is 0.801. The summed E-state index contributed by atoms with van der Waals surface area (Å²) in [5.74, 6) is 0. The topological polar surface area (TPSA) is 14.1 Å². The average molecular weight is 121 g/mol. The van der Waals surface area contributed by atoms with Crippen molar-refractivity contribution < 1.29 is 4.98 Å². The van der Waals surface area contributed by atoms with Crippen molar-refractivity contribution >= 4 is 22.9 Å². The minimum atomic E-state index is 0.801. The lowest BCUT2D eigenvalue weighted by Crippen LogP contribution is -1.87. The third-order valence-electron chi connectivity index (χ3n) is 0.436. The fraction of sp³-hybridized carbons (Fsp3) is 0.